The van der Waals surface area contributed by atoms with Crippen molar-refractivity contribution in [3.05, 3.63) is 22.9 Å². The van der Waals surface area contributed by atoms with Gasteiger partial charge in [0.05, 0.1) is 6.42 Å². The lowest BCUT2D eigenvalue weighted by molar-refractivity contribution is -0.150. The summed E-state index contributed by atoms with van der Waals surface area (Å²) in [6.07, 6.45) is 2.13. The van der Waals surface area contributed by atoms with Crippen molar-refractivity contribution in [2.75, 3.05) is 26.0 Å². The highest BCUT2D eigenvalue weighted by Crippen LogP contribution is 2.44. The molecule has 3 atom stereocenters. The molecule has 0 aliphatic carbocycles. The second kappa shape index (κ2) is 10.4. The Hall–Kier alpha value is -3.11. The van der Waals surface area contributed by atoms with Gasteiger partial charge in [-0.2, -0.15) is 0 Å². The van der Waals surface area contributed by atoms with Crippen molar-refractivity contribution in [2.24, 2.45) is 10.9 Å². The van der Waals surface area contributed by atoms with Crippen LogP contribution in [-0.4, -0.2) is 97.0 Å². The molecule has 4 heterocycles. The molecule has 34 heavy (non-hydrogen) atoms. The molecule has 182 valence electrons. The molecule has 0 aromatic carbocycles. The van der Waals surface area contributed by atoms with Crippen molar-refractivity contribution >= 4 is 47.2 Å². The maximum Gasteiger partial charge on any atom is 0.352 e. The number of nitrogens with one attached hydrogen (secondary N) is 2. The molecule has 0 saturated carbocycles. The number of fused-ring (bicyclic) bond motifs is 1. The zero-order valence-corrected chi connectivity index (χ0v) is 19.6. The molecule has 4 rings (SSSR count). The van der Waals surface area contributed by atoms with E-state index >= 15 is 0 Å². The monoisotopic (exact) mass is 510 g/mol. The summed E-state index contributed by atoms with van der Waals surface area (Å²) >= 11 is 2.64. The second-order valence-electron chi connectivity index (χ2n) is 7.32. The van der Waals surface area contributed by atoms with Gasteiger partial charge < -0.3 is 25.7 Å². The molecule has 0 spiro atoms. The zero-order valence-electron chi connectivity index (χ0n) is 18.0. The number of aliphatic carboxylic acids is 1. The lowest BCUT2D eigenvalue weighted by atomic mass is 10.00. The van der Waals surface area contributed by atoms with E-state index in [1.165, 1.54) is 35.5 Å². The van der Waals surface area contributed by atoms with E-state index in [0.717, 1.165) is 0 Å². The number of carboxylic acids is 1. The number of hydrogen-bond acceptors (Lipinski definition) is 12. The van der Waals surface area contributed by atoms with Gasteiger partial charge >= 0.3 is 5.97 Å². The quantitative estimate of drug-likeness (QED) is 0.171. The number of amides is 2. The van der Waals surface area contributed by atoms with Crippen LogP contribution in [0.25, 0.3) is 0 Å². The molecule has 2 amide bonds. The number of tetrazole rings is 1. The van der Waals surface area contributed by atoms with Gasteiger partial charge in [-0.3, -0.25) is 14.5 Å². The lowest BCUT2D eigenvalue weighted by Gasteiger charge is -2.50. The average molecular weight is 511 g/mol. The van der Waals surface area contributed by atoms with Crippen LogP contribution >= 0.6 is 23.5 Å². The van der Waals surface area contributed by atoms with Crippen molar-refractivity contribution < 1.29 is 29.1 Å². The zero-order chi connectivity index (χ0) is 24.2. The summed E-state index contributed by atoms with van der Waals surface area (Å²) in [6, 6.07) is -0.835. The Labute approximate surface area is 201 Å². The molecule has 1 fully saturated rings. The van der Waals surface area contributed by atoms with Crippen LogP contribution in [0.2, 0.25) is 0 Å². The van der Waals surface area contributed by atoms with E-state index < -0.39 is 29.2 Å². The van der Waals surface area contributed by atoms with Crippen molar-refractivity contribution in [1.29, 1.82) is 0 Å². The highest BCUT2D eigenvalue weighted by molar-refractivity contribution is 8.01. The molecule has 3 aliphatic heterocycles. The number of hydrogen-bond donors (Lipinski definition) is 4. The number of carbonyl (C=O) groups is 3. The van der Waals surface area contributed by atoms with Gasteiger partial charge in [0.2, 0.25) is 11.1 Å². The van der Waals surface area contributed by atoms with E-state index in [1.54, 1.807) is 6.08 Å². The number of H-pyrrole nitrogens is 1. The van der Waals surface area contributed by atoms with Crippen LogP contribution in [0.3, 0.4) is 0 Å². The molecular weight excluding hydrogens is 488 g/mol. The van der Waals surface area contributed by atoms with Crippen LogP contribution in [0.1, 0.15) is 12.8 Å². The molecule has 3 aliphatic rings. The van der Waals surface area contributed by atoms with Gasteiger partial charge in [0.25, 0.3) is 11.8 Å². The number of rotatable bonds is 10. The number of nitrogens with zero attached hydrogens (tertiary/aromatic N) is 5. The molecule has 16 heteroatoms. The van der Waals surface area contributed by atoms with E-state index in [9.17, 15) is 19.5 Å². The molecule has 1 aromatic rings. The predicted octanol–water partition coefficient (Wildman–Crippen LogP) is -0.946. The summed E-state index contributed by atoms with van der Waals surface area (Å²) in [7, 11) is 1.37. The van der Waals surface area contributed by atoms with Crippen LogP contribution in [0, 0.1) is 0 Å². The summed E-state index contributed by atoms with van der Waals surface area (Å²) in [5.41, 5.74) is 6.78. The number of carboxylic acid groups (broad SMARTS) is 1. The molecule has 2 unspecified atom stereocenters. The fraction of sp³-hybridized carbons (Fsp3) is 0.500. The molecule has 1 aromatic heterocycles. The summed E-state index contributed by atoms with van der Waals surface area (Å²) in [5, 5.41) is 29.5. The second-order valence-corrected chi connectivity index (χ2v) is 9.62. The van der Waals surface area contributed by atoms with Crippen LogP contribution in [0.5, 0.6) is 0 Å². The third-order valence-corrected chi connectivity index (χ3v) is 7.77. The molecule has 1 saturated heterocycles. The third-order valence-electron chi connectivity index (χ3n) is 5.26. The van der Waals surface area contributed by atoms with Crippen molar-refractivity contribution in [2.45, 2.75) is 34.7 Å². The van der Waals surface area contributed by atoms with Crippen LogP contribution in [-0.2, 0) is 24.0 Å². The maximum atomic E-state index is 12.9. The largest absolute Gasteiger partial charge is 0.477 e. The third kappa shape index (κ3) is 4.74. The Balaban J connectivity index is 1.48. The van der Waals surface area contributed by atoms with Gasteiger partial charge in [-0.15, -0.1) is 16.9 Å². The number of β-lactam (4-membered cyclic amide) rings is 1. The molecular formula is C18H22N8O6S2. The fourth-order valence-corrected chi connectivity index (χ4v) is 6.36. The first-order valence-corrected chi connectivity index (χ1v) is 12.1. The van der Waals surface area contributed by atoms with E-state index in [-0.39, 0.29) is 29.9 Å². The van der Waals surface area contributed by atoms with E-state index in [4.69, 9.17) is 15.3 Å². The normalized spacial score (nSPS) is 23.7. The van der Waals surface area contributed by atoms with Crippen molar-refractivity contribution in [1.82, 2.24) is 30.8 Å². The van der Waals surface area contributed by atoms with Crippen molar-refractivity contribution in [3.8, 4) is 0 Å². The smallest absolute Gasteiger partial charge is 0.352 e. The van der Waals surface area contributed by atoms with Gasteiger partial charge in [0.1, 0.15) is 30.8 Å². The molecule has 0 bridgehead atoms. The SMILES string of the molecule is CON=C1OCC=C1CC(=O)NC1C(=O)N2C(C(=O)O)=C(C(CCN)Sc3nnn[nH]3)CS[C@@H]12. The summed E-state index contributed by atoms with van der Waals surface area (Å²) in [6.45, 7) is 0.589. The standard InChI is InChI=1S/C18H22N8O6S2/c1-31-23-14-8(3-5-32-14)6-11(27)20-12-15(28)26-13(17(29)30)9(7-33-16(12)26)10(2-4-19)34-18-21-24-25-22-18/h3,10,12,16H,2,4-7,19H2,1H3,(H,20,27)(H,29,30)(H,21,22,24,25)/t10?,12?,16-/m0/s1. The molecule has 0 radical (unpaired) electrons. The average Bonchev–Trinajstić information content (AvgIpc) is 3.48. The Bertz CT molecular complexity index is 1060. The first-order valence-electron chi connectivity index (χ1n) is 10.2. The molecule has 5 N–H and O–H groups in total. The van der Waals surface area contributed by atoms with Gasteiger partial charge in [-0.05, 0) is 40.2 Å². The van der Waals surface area contributed by atoms with Crippen LogP contribution < -0.4 is 11.1 Å². The number of thioether (sulfide) groups is 2. The Kier molecular flexibility index (Phi) is 7.38. The lowest BCUT2D eigenvalue weighted by Crippen LogP contribution is -2.70. The number of aromatic amines is 1. The van der Waals surface area contributed by atoms with Gasteiger partial charge in [0.15, 0.2) is 0 Å². The van der Waals surface area contributed by atoms with E-state index in [1.807, 2.05) is 0 Å². The fourth-order valence-electron chi connectivity index (χ4n) is 3.79. The van der Waals surface area contributed by atoms with Crippen LogP contribution in [0.15, 0.2) is 33.2 Å². The minimum Gasteiger partial charge on any atom is -0.477 e. The summed E-state index contributed by atoms with van der Waals surface area (Å²) in [4.78, 5) is 43.6. The van der Waals surface area contributed by atoms with Crippen molar-refractivity contribution in [3.63, 3.8) is 0 Å². The first-order chi connectivity index (χ1) is 16.4. The first kappa shape index (κ1) is 24.0. The van der Waals surface area contributed by atoms with E-state index in [2.05, 4.69) is 31.1 Å². The number of ether oxygens (including phenoxy) is 1. The Morgan fingerprint density at radius 2 is 2.38 bits per heavy atom. The minimum absolute atomic E-state index is 0.0450. The minimum atomic E-state index is -1.22. The van der Waals surface area contributed by atoms with Gasteiger partial charge in [-0.25, -0.2) is 9.89 Å². The van der Waals surface area contributed by atoms with Gasteiger partial charge in [0, 0.05) is 16.6 Å². The van der Waals surface area contributed by atoms with Crippen LogP contribution in [0.4, 0.5) is 0 Å². The predicted molar refractivity (Wildman–Crippen MR) is 120 cm³/mol. The number of oxime groups is 1. The van der Waals surface area contributed by atoms with Gasteiger partial charge in [-0.1, -0.05) is 11.8 Å². The topological polar surface area (TPSA) is 198 Å². The highest BCUT2D eigenvalue weighted by Gasteiger charge is 2.54. The number of carbonyl (C=O) groups excluding carboxylic acids is 2. The number of aromatic nitrogens is 4. The maximum absolute atomic E-state index is 12.9. The number of nitrogens with two attached hydrogens (primary N) is 1. The van der Waals surface area contributed by atoms with E-state index in [0.29, 0.717) is 35.0 Å². The Morgan fingerprint density at radius 3 is 3.06 bits per heavy atom. The summed E-state index contributed by atoms with van der Waals surface area (Å²) < 4.78 is 5.27. The highest BCUT2D eigenvalue weighted by atomic mass is 32.2. The molecule has 14 nitrogen and oxygen atoms in total. The Morgan fingerprint density at radius 1 is 1.56 bits per heavy atom. The summed E-state index contributed by atoms with van der Waals surface area (Å²) in [5.74, 6) is -1.53.